The van der Waals surface area contributed by atoms with Gasteiger partial charge in [0.05, 0.1) is 0 Å². The van der Waals surface area contributed by atoms with E-state index in [2.05, 4.69) is 9.97 Å². The van der Waals surface area contributed by atoms with Gasteiger partial charge in [0.15, 0.2) is 0 Å². The van der Waals surface area contributed by atoms with Crippen LogP contribution in [0.25, 0.3) is 0 Å². The van der Waals surface area contributed by atoms with Gasteiger partial charge in [0.25, 0.3) is 0 Å². The van der Waals surface area contributed by atoms with Gasteiger partial charge in [0, 0.05) is 17.4 Å². The van der Waals surface area contributed by atoms with Crippen LogP contribution in [0, 0.1) is 6.92 Å². The summed E-state index contributed by atoms with van der Waals surface area (Å²) in [5.74, 6) is 0.512. The molecule has 0 spiro atoms. The van der Waals surface area contributed by atoms with Gasteiger partial charge in [0.2, 0.25) is 0 Å². The zero-order valence-corrected chi connectivity index (χ0v) is 9.92. The second-order valence-electron chi connectivity index (χ2n) is 3.92. The van der Waals surface area contributed by atoms with E-state index in [1.54, 1.807) is 25.4 Å². The van der Waals surface area contributed by atoms with Gasteiger partial charge in [0.1, 0.15) is 11.4 Å². The quantitative estimate of drug-likeness (QED) is 0.842. The van der Waals surface area contributed by atoms with Crippen LogP contribution in [0.1, 0.15) is 23.9 Å². The number of nitrogens with one attached hydrogen (secondary N) is 1. The SMILES string of the molecule is Cc1c(Cl)cccc1C(C)(O)c1ncc[nH]1. The molecule has 1 aromatic carbocycles. The molecule has 0 amide bonds. The maximum atomic E-state index is 10.5. The number of hydrogen-bond donors (Lipinski definition) is 2. The van der Waals surface area contributed by atoms with E-state index in [9.17, 15) is 5.11 Å². The molecule has 0 aliphatic heterocycles. The molecule has 1 unspecified atom stereocenters. The molecule has 0 saturated heterocycles. The van der Waals surface area contributed by atoms with Gasteiger partial charge in [-0.1, -0.05) is 23.7 Å². The summed E-state index contributed by atoms with van der Waals surface area (Å²) in [7, 11) is 0. The minimum atomic E-state index is -1.15. The molecule has 0 aliphatic rings. The van der Waals surface area contributed by atoms with E-state index < -0.39 is 5.60 Å². The van der Waals surface area contributed by atoms with Crippen molar-refractivity contribution in [2.45, 2.75) is 19.4 Å². The van der Waals surface area contributed by atoms with Crippen molar-refractivity contribution < 1.29 is 5.11 Å². The summed E-state index contributed by atoms with van der Waals surface area (Å²) < 4.78 is 0. The molecule has 1 heterocycles. The van der Waals surface area contributed by atoms with E-state index in [0.717, 1.165) is 11.1 Å². The number of aromatic nitrogens is 2. The average molecular weight is 237 g/mol. The lowest BCUT2D eigenvalue weighted by Crippen LogP contribution is -2.25. The lowest BCUT2D eigenvalue weighted by Gasteiger charge is -2.23. The van der Waals surface area contributed by atoms with Crippen molar-refractivity contribution in [3.63, 3.8) is 0 Å². The van der Waals surface area contributed by atoms with Crippen LogP contribution >= 0.6 is 11.6 Å². The highest BCUT2D eigenvalue weighted by molar-refractivity contribution is 6.31. The Morgan fingerprint density at radius 3 is 2.81 bits per heavy atom. The van der Waals surface area contributed by atoms with Crippen LogP contribution in [0.5, 0.6) is 0 Å². The fourth-order valence-electron chi connectivity index (χ4n) is 1.79. The van der Waals surface area contributed by atoms with Crippen molar-refractivity contribution in [1.29, 1.82) is 0 Å². The third kappa shape index (κ3) is 1.72. The van der Waals surface area contributed by atoms with Crippen LogP contribution in [0.4, 0.5) is 0 Å². The predicted octanol–water partition coefficient (Wildman–Crippen LogP) is 2.63. The van der Waals surface area contributed by atoms with Gasteiger partial charge in [-0.05, 0) is 31.0 Å². The molecule has 1 atom stereocenters. The van der Waals surface area contributed by atoms with Crippen LogP contribution in [-0.4, -0.2) is 15.1 Å². The zero-order valence-electron chi connectivity index (χ0n) is 9.16. The Balaban J connectivity index is 2.56. The van der Waals surface area contributed by atoms with E-state index in [4.69, 9.17) is 11.6 Å². The second kappa shape index (κ2) is 3.92. The van der Waals surface area contributed by atoms with Gasteiger partial charge in [-0.2, -0.15) is 0 Å². The largest absolute Gasteiger partial charge is 0.377 e. The smallest absolute Gasteiger partial charge is 0.144 e. The highest BCUT2D eigenvalue weighted by atomic mass is 35.5. The summed E-state index contributed by atoms with van der Waals surface area (Å²) in [4.78, 5) is 7.00. The van der Waals surface area contributed by atoms with E-state index in [-0.39, 0.29) is 0 Å². The highest BCUT2D eigenvalue weighted by Gasteiger charge is 2.30. The Kier molecular flexibility index (Phi) is 2.74. The van der Waals surface area contributed by atoms with Crippen molar-refractivity contribution in [3.05, 3.63) is 52.6 Å². The summed E-state index contributed by atoms with van der Waals surface area (Å²) in [6, 6.07) is 5.48. The third-order valence-corrected chi connectivity index (χ3v) is 3.16. The maximum absolute atomic E-state index is 10.5. The Morgan fingerprint density at radius 1 is 1.44 bits per heavy atom. The number of halogens is 1. The van der Waals surface area contributed by atoms with Gasteiger partial charge in [-0.3, -0.25) is 0 Å². The molecule has 0 saturated carbocycles. The summed E-state index contributed by atoms with van der Waals surface area (Å²) in [6.07, 6.45) is 3.30. The molecule has 0 bridgehead atoms. The molecule has 3 nitrogen and oxygen atoms in total. The van der Waals surface area contributed by atoms with Crippen LogP contribution < -0.4 is 0 Å². The number of H-pyrrole nitrogens is 1. The Bertz CT molecular complexity index is 492. The monoisotopic (exact) mass is 236 g/mol. The first-order chi connectivity index (χ1) is 7.53. The molecule has 0 fully saturated rings. The summed E-state index contributed by atoms with van der Waals surface area (Å²) in [5, 5.41) is 11.1. The first-order valence-electron chi connectivity index (χ1n) is 5.01. The molecule has 2 rings (SSSR count). The Morgan fingerprint density at radius 2 is 2.19 bits per heavy atom. The van der Waals surface area contributed by atoms with Crippen LogP contribution in [0.3, 0.4) is 0 Å². The predicted molar refractivity (Wildman–Crippen MR) is 63.4 cm³/mol. The standard InChI is InChI=1S/C12H13ClN2O/c1-8-9(4-3-5-10(8)13)12(2,16)11-14-6-7-15-11/h3-7,16H,1-2H3,(H,14,15). The molecule has 16 heavy (non-hydrogen) atoms. The normalized spacial score (nSPS) is 14.8. The van der Waals surface area contributed by atoms with E-state index in [1.807, 2.05) is 19.1 Å². The van der Waals surface area contributed by atoms with Gasteiger partial charge in [-0.25, -0.2) is 4.98 Å². The molecule has 2 aromatic rings. The molecular formula is C12H13ClN2O. The highest BCUT2D eigenvalue weighted by Crippen LogP contribution is 2.31. The number of imidazole rings is 1. The minimum absolute atomic E-state index is 0.512. The molecule has 84 valence electrons. The van der Waals surface area contributed by atoms with E-state index >= 15 is 0 Å². The lowest BCUT2D eigenvalue weighted by molar-refractivity contribution is 0.0925. The summed E-state index contributed by atoms with van der Waals surface area (Å²) in [5.41, 5.74) is 0.471. The zero-order chi connectivity index (χ0) is 11.8. The van der Waals surface area contributed by atoms with Gasteiger partial charge >= 0.3 is 0 Å². The van der Waals surface area contributed by atoms with Crippen LogP contribution in [0.2, 0.25) is 5.02 Å². The fraction of sp³-hybridized carbons (Fsp3) is 0.250. The van der Waals surface area contributed by atoms with Crippen molar-refractivity contribution in [1.82, 2.24) is 9.97 Å². The molecule has 0 aliphatic carbocycles. The number of hydrogen-bond acceptors (Lipinski definition) is 2. The topological polar surface area (TPSA) is 48.9 Å². The number of benzene rings is 1. The summed E-state index contributed by atoms with van der Waals surface area (Å²) in [6.45, 7) is 3.58. The van der Waals surface area contributed by atoms with Crippen LogP contribution in [0.15, 0.2) is 30.6 Å². The first kappa shape index (κ1) is 11.2. The van der Waals surface area contributed by atoms with Crippen molar-refractivity contribution in [2.75, 3.05) is 0 Å². The molecule has 1 aromatic heterocycles. The number of nitrogens with zero attached hydrogens (tertiary/aromatic N) is 1. The number of rotatable bonds is 2. The van der Waals surface area contributed by atoms with Crippen LogP contribution in [-0.2, 0) is 5.60 Å². The fourth-order valence-corrected chi connectivity index (χ4v) is 1.97. The second-order valence-corrected chi connectivity index (χ2v) is 4.33. The maximum Gasteiger partial charge on any atom is 0.144 e. The minimum Gasteiger partial charge on any atom is -0.377 e. The number of aromatic amines is 1. The lowest BCUT2D eigenvalue weighted by atomic mass is 9.91. The van der Waals surface area contributed by atoms with E-state index in [1.165, 1.54) is 0 Å². The first-order valence-corrected chi connectivity index (χ1v) is 5.39. The van der Waals surface area contributed by atoms with Crippen molar-refractivity contribution >= 4 is 11.6 Å². The Hall–Kier alpha value is -1.32. The molecule has 0 radical (unpaired) electrons. The average Bonchev–Trinajstić information content (AvgIpc) is 2.75. The van der Waals surface area contributed by atoms with Crippen molar-refractivity contribution in [3.8, 4) is 0 Å². The third-order valence-electron chi connectivity index (χ3n) is 2.75. The molecule has 2 N–H and O–H groups in total. The van der Waals surface area contributed by atoms with Gasteiger partial charge < -0.3 is 10.1 Å². The van der Waals surface area contributed by atoms with Gasteiger partial charge in [-0.15, -0.1) is 0 Å². The number of aliphatic hydroxyl groups is 1. The van der Waals surface area contributed by atoms with E-state index in [0.29, 0.717) is 10.8 Å². The van der Waals surface area contributed by atoms with Crippen molar-refractivity contribution in [2.24, 2.45) is 0 Å². The summed E-state index contributed by atoms with van der Waals surface area (Å²) >= 11 is 6.04. The Labute approximate surface area is 99.1 Å². The molecular weight excluding hydrogens is 224 g/mol. The molecule has 4 heteroatoms.